The minimum atomic E-state index is 0.397. The number of carbonyl (C=O) groups excluding carboxylic acids is 1. The summed E-state index contributed by atoms with van der Waals surface area (Å²) in [5.74, 6) is 0.905. The van der Waals surface area contributed by atoms with Crippen molar-refractivity contribution in [2.24, 2.45) is 0 Å². The normalized spacial score (nSPS) is 16.1. The molecule has 0 amide bonds. The van der Waals surface area contributed by atoms with Crippen molar-refractivity contribution in [1.29, 1.82) is 0 Å². The molecule has 1 aromatic heterocycles. The third-order valence-corrected chi connectivity index (χ3v) is 4.64. The Balaban J connectivity index is 1.99. The molecule has 4 nitrogen and oxygen atoms in total. The van der Waals surface area contributed by atoms with Gasteiger partial charge in [0.1, 0.15) is 5.69 Å². The van der Waals surface area contributed by atoms with Crippen LogP contribution < -0.4 is 0 Å². The summed E-state index contributed by atoms with van der Waals surface area (Å²) in [4.78, 5) is 11.3. The average molecular weight is 297 g/mol. The summed E-state index contributed by atoms with van der Waals surface area (Å²) >= 11 is 0. The SMILES string of the molecule is CC(C)c1ccc(-n2nnc(C=O)c2C2CCCCC2)cc1. The van der Waals surface area contributed by atoms with Gasteiger partial charge in [-0.3, -0.25) is 4.79 Å². The molecule has 116 valence electrons. The quantitative estimate of drug-likeness (QED) is 0.793. The standard InChI is InChI=1S/C18H23N3O/c1-13(2)14-8-10-16(11-9-14)21-18(17(12-22)19-20-21)15-6-4-3-5-7-15/h8-13,15H,3-7H2,1-2H3. The molecule has 0 spiro atoms. The Morgan fingerprint density at radius 1 is 1.14 bits per heavy atom. The van der Waals surface area contributed by atoms with E-state index in [1.54, 1.807) is 0 Å². The van der Waals surface area contributed by atoms with Crippen molar-refractivity contribution in [3.05, 3.63) is 41.2 Å². The summed E-state index contributed by atoms with van der Waals surface area (Å²) in [5, 5.41) is 8.33. The zero-order valence-corrected chi connectivity index (χ0v) is 13.3. The molecule has 22 heavy (non-hydrogen) atoms. The van der Waals surface area contributed by atoms with Gasteiger partial charge in [-0.2, -0.15) is 0 Å². The molecule has 1 saturated carbocycles. The molecule has 0 atom stereocenters. The first-order chi connectivity index (χ1) is 10.7. The van der Waals surface area contributed by atoms with Gasteiger partial charge in [0.25, 0.3) is 0 Å². The Kier molecular flexibility index (Phi) is 4.36. The van der Waals surface area contributed by atoms with E-state index >= 15 is 0 Å². The van der Waals surface area contributed by atoms with Gasteiger partial charge in [0.15, 0.2) is 6.29 Å². The van der Waals surface area contributed by atoms with E-state index in [1.807, 2.05) is 4.68 Å². The fraction of sp³-hybridized carbons (Fsp3) is 0.500. The van der Waals surface area contributed by atoms with E-state index in [0.29, 0.717) is 17.5 Å². The lowest BCUT2D eigenvalue weighted by atomic mass is 9.86. The van der Waals surface area contributed by atoms with E-state index in [-0.39, 0.29) is 0 Å². The summed E-state index contributed by atoms with van der Waals surface area (Å²) in [7, 11) is 0. The molecular formula is C18H23N3O. The number of aldehydes is 1. The number of benzene rings is 1. The minimum absolute atomic E-state index is 0.397. The maximum absolute atomic E-state index is 11.3. The predicted molar refractivity (Wildman–Crippen MR) is 86.7 cm³/mol. The van der Waals surface area contributed by atoms with E-state index < -0.39 is 0 Å². The maximum atomic E-state index is 11.3. The van der Waals surface area contributed by atoms with Gasteiger partial charge >= 0.3 is 0 Å². The topological polar surface area (TPSA) is 47.8 Å². The molecular weight excluding hydrogens is 274 g/mol. The van der Waals surface area contributed by atoms with Gasteiger partial charge < -0.3 is 0 Å². The van der Waals surface area contributed by atoms with Gasteiger partial charge in [-0.05, 0) is 36.5 Å². The van der Waals surface area contributed by atoms with Crippen LogP contribution in [0.5, 0.6) is 0 Å². The lowest BCUT2D eigenvalue weighted by molar-refractivity contribution is 0.111. The average Bonchev–Trinajstić information content (AvgIpc) is 2.99. The first-order valence-electron chi connectivity index (χ1n) is 8.22. The van der Waals surface area contributed by atoms with E-state index in [0.717, 1.165) is 30.5 Å². The van der Waals surface area contributed by atoms with Crippen LogP contribution in [0, 0.1) is 0 Å². The molecule has 1 aliphatic rings. The molecule has 4 heteroatoms. The molecule has 1 aromatic carbocycles. The second kappa shape index (κ2) is 6.42. The van der Waals surface area contributed by atoms with Gasteiger partial charge in [-0.15, -0.1) is 5.10 Å². The second-order valence-corrected chi connectivity index (χ2v) is 6.47. The van der Waals surface area contributed by atoms with E-state index in [9.17, 15) is 4.79 Å². The van der Waals surface area contributed by atoms with Gasteiger partial charge in [0.2, 0.25) is 0 Å². The van der Waals surface area contributed by atoms with Crippen LogP contribution in [-0.2, 0) is 0 Å². The summed E-state index contributed by atoms with van der Waals surface area (Å²) in [5.41, 5.74) is 3.79. The van der Waals surface area contributed by atoms with Gasteiger partial charge in [-0.25, -0.2) is 4.68 Å². The van der Waals surface area contributed by atoms with Crippen LogP contribution in [0.4, 0.5) is 0 Å². The number of carbonyl (C=O) groups is 1. The monoisotopic (exact) mass is 297 g/mol. The van der Waals surface area contributed by atoms with Crippen LogP contribution in [0.25, 0.3) is 5.69 Å². The van der Waals surface area contributed by atoms with Crippen LogP contribution >= 0.6 is 0 Å². The Bertz CT molecular complexity index is 637. The Morgan fingerprint density at radius 2 is 1.82 bits per heavy atom. The van der Waals surface area contributed by atoms with Crippen LogP contribution in [0.15, 0.2) is 24.3 Å². The first kappa shape index (κ1) is 14.9. The molecule has 1 fully saturated rings. The molecule has 0 N–H and O–H groups in total. The fourth-order valence-electron chi connectivity index (χ4n) is 3.33. The summed E-state index contributed by atoms with van der Waals surface area (Å²) in [6, 6.07) is 8.41. The predicted octanol–water partition coefficient (Wildman–Crippen LogP) is 4.25. The number of rotatable bonds is 4. The van der Waals surface area contributed by atoms with Gasteiger partial charge in [0, 0.05) is 5.92 Å². The Labute approximate surface area is 131 Å². The third kappa shape index (κ3) is 2.82. The van der Waals surface area contributed by atoms with Gasteiger partial charge in [0.05, 0.1) is 11.4 Å². The third-order valence-electron chi connectivity index (χ3n) is 4.64. The van der Waals surface area contributed by atoms with Gasteiger partial charge in [-0.1, -0.05) is 50.5 Å². The zero-order chi connectivity index (χ0) is 15.5. The van der Waals surface area contributed by atoms with Crippen LogP contribution in [0.1, 0.15) is 79.5 Å². The molecule has 0 bridgehead atoms. The molecule has 0 unspecified atom stereocenters. The van der Waals surface area contributed by atoms with Crippen LogP contribution in [-0.4, -0.2) is 21.3 Å². The Morgan fingerprint density at radius 3 is 2.41 bits per heavy atom. The minimum Gasteiger partial charge on any atom is -0.296 e. The van der Waals surface area contributed by atoms with E-state index in [1.165, 1.54) is 24.8 Å². The number of aromatic nitrogens is 3. The van der Waals surface area contributed by atoms with E-state index in [4.69, 9.17) is 0 Å². The van der Waals surface area contributed by atoms with Crippen molar-refractivity contribution in [3.8, 4) is 5.69 Å². The van der Waals surface area contributed by atoms with E-state index in [2.05, 4.69) is 48.4 Å². The molecule has 1 aliphatic carbocycles. The lowest BCUT2D eigenvalue weighted by Gasteiger charge is -2.22. The highest BCUT2D eigenvalue weighted by Gasteiger charge is 2.24. The molecule has 3 rings (SSSR count). The van der Waals surface area contributed by atoms with Crippen molar-refractivity contribution >= 4 is 6.29 Å². The zero-order valence-electron chi connectivity index (χ0n) is 13.3. The molecule has 1 heterocycles. The highest BCUT2D eigenvalue weighted by Crippen LogP contribution is 2.34. The Hall–Kier alpha value is -1.97. The highest BCUT2D eigenvalue weighted by atomic mass is 16.1. The van der Waals surface area contributed by atoms with Crippen molar-refractivity contribution in [2.75, 3.05) is 0 Å². The van der Waals surface area contributed by atoms with Crippen molar-refractivity contribution < 1.29 is 4.79 Å². The maximum Gasteiger partial charge on any atom is 0.172 e. The second-order valence-electron chi connectivity index (χ2n) is 6.47. The summed E-state index contributed by atoms with van der Waals surface area (Å²) < 4.78 is 1.86. The molecule has 2 aromatic rings. The number of nitrogens with zero attached hydrogens (tertiary/aromatic N) is 3. The number of hydrogen-bond acceptors (Lipinski definition) is 3. The smallest absolute Gasteiger partial charge is 0.172 e. The molecule has 0 aliphatic heterocycles. The molecule has 0 radical (unpaired) electrons. The van der Waals surface area contributed by atoms with Crippen LogP contribution in [0.3, 0.4) is 0 Å². The van der Waals surface area contributed by atoms with Crippen LogP contribution in [0.2, 0.25) is 0 Å². The van der Waals surface area contributed by atoms with Crippen molar-refractivity contribution in [3.63, 3.8) is 0 Å². The van der Waals surface area contributed by atoms with Crippen molar-refractivity contribution in [1.82, 2.24) is 15.0 Å². The summed E-state index contributed by atoms with van der Waals surface area (Å²) in [6.45, 7) is 4.37. The molecule has 0 saturated heterocycles. The van der Waals surface area contributed by atoms with Crippen molar-refractivity contribution in [2.45, 2.75) is 57.8 Å². The largest absolute Gasteiger partial charge is 0.296 e. The first-order valence-corrected chi connectivity index (χ1v) is 8.22. The fourth-order valence-corrected chi connectivity index (χ4v) is 3.33. The number of hydrogen-bond donors (Lipinski definition) is 0. The summed E-state index contributed by atoms with van der Waals surface area (Å²) in [6.07, 6.45) is 6.82. The lowest BCUT2D eigenvalue weighted by Crippen LogP contribution is -2.12. The highest BCUT2D eigenvalue weighted by molar-refractivity contribution is 5.74.